The Balaban J connectivity index is 3.05. The first-order chi connectivity index (χ1) is 5.65. The van der Waals surface area contributed by atoms with E-state index >= 15 is 0 Å². The van der Waals surface area contributed by atoms with Gasteiger partial charge in [0.15, 0.2) is 11.6 Å². The molecule has 4 heteroatoms. The van der Waals surface area contributed by atoms with Crippen LogP contribution in [0.3, 0.4) is 0 Å². The fourth-order valence-electron chi connectivity index (χ4n) is 0.733. The van der Waals surface area contributed by atoms with E-state index in [4.69, 9.17) is 21.4 Å². The molecule has 0 unspecified atom stereocenters. The van der Waals surface area contributed by atoms with Crippen LogP contribution in [0.25, 0.3) is 0 Å². The summed E-state index contributed by atoms with van der Waals surface area (Å²) in [6.07, 6.45) is 0. The first kappa shape index (κ1) is 9.13. The average molecular weight is 190 g/mol. The lowest BCUT2D eigenvalue weighted by Crippen LogP contribution is -1.92. The van der Waals surface area contributed by atoms with Gasteiger partial charge in [-0.2, -0.15) is 0 Å². The lowest BCUT2D eigenvalue weighted by Gasteiger charge is -2.05. The highest BCUT2D eigenvalue weighted by Crippen LogP contribution is 2.30. The summed E-state index contributed by atoms with van der Waals surface area (Å²) >= 11 is 5.55. The van der Waals surface area contributed by atoms with Crippen LogP contribution in [0.2, 0.25) is 5.02 Å². The van der Waals surface area contributed by atoms with Gasteiger partial charge in [-0.25, -0.2) is 4.39 Å². The molecule has 0 saturated heterocycles. The van der Waals surface area contributed by atoms with Gasteiger partial charge in [-0.05, 0) is 6.92 Å². The van der Waals surface area contributed by atoms with E-state index in [9.17, 15) is 4.39 Å². The second kappa shape index (κ2) is 3.63. The van der Waals surface area contributed by atoms with Gasteiger partial charge in [0, 0.05) is 12.1 Å². The van der Waals surface area contributed by atoms with Crippen molar-refractivity contribution in [3.05, 3.63) is 23.0 Å². The molecular weight excluding hydrogens is 183 g/mol. The predicted octanol–water partition coefficient (Wildman–Crippen LogP) is 2.38. The van der Waals surface area contributed by atoms with Crippen molar-refractivity contribution in [1.82, 2.24) is 0 Å². The lowest BCUT2D eigenvalue weighted by atomic mass is 10.3. The third-order valence-corrected chi connectivity index (χ3v) is 1.51. The molecule has 12 heavy (non-hydrogen) atoms. The zero-order chi connectivity index (χ0) is 9.14. The van der Waals surface area contributed by atoms with Crippen LogP contribution in [0.5, 0.6) is 11.5 Å². The number of rotatable bonds is 2. The average Bonchev–Trinajstić information content (AvgIpc) is 2.01. The summed E-state index contributed by atoms with van der Waals surface area (Å²) in [4.78, 5) is 0. The largest absolute Gasteiger partial charge is 0.505 e. The van der Waals surface area contributed by atoms with Crippen molar-refractivity contribution in [3.8, 4) is 11.5 Å². The smallest absolute Gasteiger partial charge is 0.174 e. The molecule has 0 fully saturated rings. The van der Waals surface area contributed by atoms with Crippen molar-refractivity contribution < 1.29 is 14.2 Å². The minimum atomic E-state index is -0.872. The van der Waals surface area contributed by atoms with Crippen molar-refractivity contribution in [2.45, 2.75) is 6.92 Å². The topological polar surface area (TPSA) is 29.5 Å². The maximum Gasteiger partial charge on any atom is 0.174 e. The molecule has 1 aromatic rings. The number of benzene rings is 1. The van der Waals surface area contributed by atoms with Crippen LogP contribution >= 0.6 is 11.6 Å². The third kappa shape index (κ3) is 1.80. The summed E-state index contributed by atoms with van der Waals surface area (Å²) in [7, 11) is 0. The Morgan fingerprint density at radius 1 is 1.75 bits per heavy atom. The fourth-order valence-corrected chi connectivity index (χ4v) is 0.925. The van der Waals surface area contributed by atoms with Crippen LogP contribution in [0.1, 0.15) is 6.92 Å². The van der Waals surface area contributed by atoms with Gasteiger partial charge < -0.3 is 9.84 Å². The molecule has 1 radical (unpaired) electrons. The van der Waals surface area contributed by atoms with E-state index in [1.165, 1.54) is 0 Å². The van der Waals surface area contributed by atoms with Crippen LogP contribution in [0, 0.1) is 11.9 Å². The monoisotopic (exact) mass is 189 g/mol. The van der Waals surface area contributed by atoms with Gasteiger partial charge in [-0.3, -0.25) is 0 Å². The van der Waals surface area contributed by atoms with E-state index in [2.05, 4.69) is 6.07 Å². The number of halogens is 2. The number of aromatic hydroxyl groups is 1. The molecule has 1 aromatic carbocycles. The molecule has 0 heterocycles. The summed E-state index contributed by atoms with van der Waals surface area (Å²) in [5, 5.41) is 8.94. The minimum absolute atomic E-state index is 0.0344. The van der Waals surface area contributed by atoms with Gasteiger partial charge in [0.25, 0.3) is 0 Å². The van der Waals surface area contributed by atoms with Gasteiger partial charge in [0.1, 0.15) is 5.75 Å². The Hall–Kier alpha value is -0.960. The molecule has 0 amide bonds. The molecule has 1 rings (SSSR count). The SMILES string of the molecule is CCOc1cc(O)c(F)[c]c1Cl. The van der Waals surface area contributed by atoms with Crippen LogP contribution < -0.4 is 4.74 Å². The first-order valence-corrected chi connectivity index (χ1v) is 3.76. The first-order valence-electron chi connectivity index (χ1n) is 3.38. The fraction of sp³-hybridized carbons (Fsp3) is 0.250. The summed E-state index contributed by atoms with van der Waals surface area (Å²) in [5.74, 6) is -1.15. The zero-order valence-electron chi connectivity index (χ0n) is 6.40. The third-order valence-electron chi connectivity index (χ3n) is 1.23. The lowest BCUT2D eigenvalue weighted by molar-refractivity contribution is 0.335. The molecule has 0 saturated carbocycles. The van der Waals surface area contributed by atoms with Gasteiger partial charge in [-0.15, -0.1) is 0 Å². The standard InChI is InChI=1S/C8H7ClFO2/c1-2-12-8-4-7(11)6(10)3-5(8)9/h4,11H,2H2,1H3. The van der Waals surface area contributed by atoms with Crippen molar-refractivity contribution in [1.29, 1.82) is 0 Å². The molecule has 1 N–H and O–H groups in total. The summed E-state index contributed by atoms with van der Waals surface area (Å²) < 4.78 is 17.5. The van der Waals surface area contributed by atoms with E-state index in [-0.39, 0.29) is 10.8 Å². The van der Waals surface area contributed by atoms with Crippen LogP contribution in [0.4, 0.5) is 4.39 Å². The maximum atomic E-state index is 12.6. The number of ether oxygens (including phenoxy) is 1. The van der Waals surface area contributed by atoms with Crippen molar-refractivity contribution in [2.24, 2.45) is 0 Å². The summed E-state index contributed by atoms with van der Waals surface area (Å²) in [6.45, 7) is 2.16. The van der Waals surface area contributed by atoms with Crippen LogP contribution in [-0.4, -0.2) is 11.7 Å². The summed E-state index contributed by atoms with van der Waals surface area (Å²) in [6, 6.07) is 3.24. The highest BCUT2D eigenvalue weighted by molar-refractivity contribution is 6.31. The second-order valence-electron chi connectivity index (χ2n) is 2.08. The normalized spacial score (nSPS) is 9.92. The zero-order valence-corrected chi connectivity index (χ0v) is 7.15. The van der Waals surface area contributed by atoms with E-state index in [0.29, 0.717) is 6.61 Å². The van der Waals surface area contributed by atoms with E-state index < -0.39 is 11.6 Å². The molecular formula is C8H7ClFO2. The maximum absolute atomic E-state index is 12.6. The van der Waals surface area contributed by atoms with Gasteiger partial charge in [0.05, 0.1) is 11.6 Å². The highest BCUT2D eigenvalue weighted by atomic mass is 35.5. The van der Waals surface area contributed by atoms with Gasteiger partial charge >= 0.3 is 0 Å². The Kier molecular flexibility index (Phi) is 2.76. The van der Waals surface area contributed by atoms with E-state index in [1.807, 2.05) is 0 Å². The molecule has 0 bridgehead atoms. The van der Waals surface area contributed by atoms with Crippen LogP contribution in [-0.2, 0) is 0 Å². The van der Waals surface area contributed by atoms with Gasteiger partial charge in [-0.1, -0.05) is 11.6 Å². The second-order valence-corrected chi connectivity index (χ2v) is 2.46. The number of phenolic OH excluding ortho intramolecular Hbond substituents is 1. The molecule has 0 aliphatic carbocycles. The Bertz CT molecular complexity index is 289. The van der Waals surface area contributed by atoms with Crippen molar-refractivity contribution in [2.75, 3.05) is 6.61 Å². The quantitative estimate of drug-likeness (QED) is 0.774. The molecule has 0 aliphatic rings. The molecule has 0 aliphatic heterocycles. The van der Waals surface area contributed by atoms with E-state index in [0.717, 1.165) is 6.07 Å². The Morgan fingerprint density at radius 3 is 3.00 bits per heavy atom. The van der Waals surface area contributed by atoms with Crippen LogP contribution in [0.15, 0.2) is 6.07 Å². The van der Waals surface area contributed by atoms with Crippen molar-refractivity contribution >= 4 is 11.6 Å². The predicted molar refractivity (Wildman–Crippen MR) is 43.1 cm³/mol. The molecule has 65 valence electrons. The number of hydrogen-bond acceptors (Lipinski definition) is 2. The minimum Gasteiger partial charge on any atom is -0.505 e. The highest BCUT2D eigenvalue weighted by Gasteiger charge is 2.08. The Morgan fingerprint density at radius 2 is 2.42 bits per heavy atom. The van der Waals surface area contributed by atoms with E-state index in [1.54, 1.807) is 6.92 Å². The molecule has 2 nitrogen and oxygen atoms in total. The number of phenols is 1. The number of hydrogen-bond donors (Lipinski definition) is 1. The molecule has 0 spiro atoms. The molecule has 0 aromatic heterocycles. The van der Waals surface area contributed by atoms with Gasteiger partial charge in [0.2, 0.25) is 0 Å². The summed E-state index contributed by atoms with van der Waals surface area (Å²) in [5.41, 5.74) is 0. The van der Waals surface area contributed by atoms with Crippen molar-refractivity contribution in [3.63, 3.8) is 0 Å². The Labute approximate surface area is 74.5 Å². The molecule has 0 atom stereocenters.